The van der Waals surface area contributed by atoms with Crippen LogP contribution in [-0.4, -0.2) is 31.4 Å². The van der Waals surface area contributed by atoms with Crippen molar-refractivity contribution in [1.82, 2.24) is 0 Å². The Morgan fingerprint density at radius 3 is 2.25 bits per heavy atom. The van der Waals surface area contributed by atoms with Gasteiger partial charge >= 0.3 is 0 Å². The van der Waals surface area contributed by atoms with E-state index in [1.54, 1.807) is 17.0 Å². The lowest BCUT2D eigenvalue weighted by atomic mass is 10.1. The van der Waals surface area contributed by atoms with Gasteiger partial charge < -0.3 is 15.1 Å². The van der Waals surface area contributed by atoms with Gasteiger partial charge in [-0.05, 0) is 61.7 Å². The third kappa shape index (κ3) is 4.19. The minimum absolute atomic E-state index is 0.127. The van der Waals surface area contributed by atoms with Gasteiger partial charge in [0.15, 0.2) is 0 Å². The molecule has 2 aliphatic heterocycles. The third-order valence-electron chi connectivity index (χ3n) is 5.59. The molecule has 5 nitrogen and oxygen atoms in total. The highest BCUT2D eigenvalue weighted by molar-refractivity contribution is 6.05. The van der Waals surface area contributed by atoms with E-state index >= 15 is 0 Å². The summed E-state index contributed by atoms with van der Waals surface area (Å²) in [7, 11) is 0. The highest BCUT2D eigenvalue weighted by Crippen LogP contribution is 2.24. The van der Waals surface area contributed by atoms with Crippen molar-refractivity contribution in [2.75, 3.05) is 34.8 Å². The number of amides is 2. The number of rotatable bonds is 4. The monoisotopic (exact) mass is 377 g/mol. The van der Waals surface area contributed by atoms with Crippen LogP contribution in [0.4, 0.5) is 17.1 Å². The molecule has 0 aliphatic carbocycles. The molecule has 146 valence electrons. The minimum Gasteiger partial charge on any atom is -0.372 e. The summed E-state index contributed by atoms with van der Waals surface area (Å²) in [4.78, 5) is 28.8. The van der Waals surface area contributed by atoms with E-state index in [0.29, 0.717) is 12.0 Å². The van der Waals surface area contributed by atoms with Gasteiger partial charge in [-0.25, -0.2) is 0 Å². The first-order chi connectivity index (χ1) is 13.7. The first kappa shape index (κ1) is 18.5. The van der Waals surface area contributed by atoms with Crippen molar-refractivity contribution < 1.29 is 9.59 Å². The van der Waals surface area contributed by atoms with E-state index in [9.17, 15) is 9.59 Å². The van der Waals surface area contributed by atoms with E-state index in [1.165, 1.54) is 31.4 Å². The van der Waals surface area contributed by atoms with E-state index in [2.05, 4.69) is 22.3 Å². The van der Waals surface area contributed by atoms with Crippen LogP contribution in [0, 0.1) is 0 Å². The van der Waals surface area contributed by atoms with E-state index in [0.717, 1.165) is 37.4 Å². The van der Waals surface area contributed by atoms with Crippen molar-refractivity contribution in [2.24, 2.45) is 0 Å². The number of hydrogen-bond donors (Lipinski definition) is 1. The zero-order chi connectivity index (χ0) is 19.3. The molecule has 2 aliphatic rings. The zero-order valence-corrected chi connectivity index (χ0v) is 16.2. The molecule has 0 radical (unpaired) electrons. The molecule has 2 amide bonds. The van der Waals surface area contributed by atoms with Crippen LogP contribution in [0.2, 0.25) is 0 Å². The fraction of sp³-hybridized carbons (Fsp3) is 0.391. The number of carbonyl (C=O) groups excluding carboxylic acids is 2. The van der Waals surface area contributed by atoms with Gasteiger partial charge in [-0.1, -0.05) is 18.9 Å². The van der Waals surface area contributed by atoms with Crippen molar-refractivity contribution in [3.63, 3.8) is 0 Å². The lowest BCUT2D eigenvalue weighted by Crippen LogP contribution is -2.24. The molecular weight excluding hydrogens is 350 g/mol. The lowest BCUT2D eigenvalue weighted by molar-refractivity contribution is -0.117. The molecule has 0 atom stereocenters. The molecule has 2 saturated heterocycles. The Morgan fingerprint density at radius 1 is 0.821 bits per heavy atom. The first-order valence-electron chi connectivity index (χ1n) is 10.3. The summed E-state index contributed by atoms with van der Waals surface area (Å²) in [5.74, 6) is -0.0299. The van der Waals surface area contributed by atoms with Gasteiger partial charge in [-0.2, -0.15) is 0 Å². The van der Waals surface area contributed by atoms with E-state index in [4.69, 9.17) is 0 Å². The molecule has 0 aromatic heterocycles. The van der Waals surface area contributed by atoms with Crippen LogP contribution >= 0.6 is 0 Å². The van der Waals surface area contributed by atoms with Crippen molar-refractivity contribution in [3.05, 3.63) is 54.1 Å². The van der Waals surface area contributed by atoms with Gasteiger partial charge in [-0.3, -0.25) is 9.59 Å². The Hall–Kier alpha value is -2.82. The summed E-state index contributed by atoms with van der Waals surface area (Å²) in [6.45, 7) is 2.93. The highest BCUT2D eigenvalue weighted by atomic mass is 16.2. The molecule has 5 heteroatoms. The SMILES string of the molecule is O=C(Nc1ccc(N2CCCCCC2)cc1)c1cccc(N2CCCC2=O)c1. The molecule has 2 aromatic carbocycles. The second kappa shape index (κ2) is 8.46. The molecule has 4 rings (SSSR count). The van der Waals surface area contributed by atoms with Crippen LogP contribution in [0.15, 0.2) is 48.5 Å². The molecule has 1 N–H and O–H groups in total. The second-order valence-corrected chi connectivity index (χ2v) is 7.60. The van der Waals surface area contributed by atoms with Crippen LogP contribution in [0.1, 0.15) is 48.9 Å². The Labute approximate surface area is 166 Å². The van der Waals surface area contributed by atoms with Crippen molar-refractivity contribution in [1.29, 1.82) is 0 Å². The Balaban J connectivity index is 1.43. The van der Waals surface area contributed by atoms with E-state index in [-0.39, 0.29) is 11.8 Å². The molecule has 2 aromatic rings. The largest absolute Gasteiger partial charge is 0.372 e. The van der Waals surface area contributed by atoms with Gasteiger partial charge in [0.2, 0.25) is 5.91 Å². The van der Waals surface area contributed by atoms with Crippen LogP contribution < -0.4 is 15.1 Å². The number of anilines is 3. The Bertz CT molecular complexity index is 839. The molecule has 28 heavy (non-hydrogen) atoms. The van der Waals surface area contributed by atoms with Gasteiger partial charge in [0.25, 0.3) is 5.91 Å². The molecule has 0 bridgehead atoms. The smallest absolute Gasteiger partial charge is 0.255 e. The molecule has 2 heterocycles. The molecule has 0 unspecified atom stereocenters. The molecule has 0 saturated carbocycles. The van der Waals surface area contributed by atoms with Gasteiger partial charge in [0, 0.05) is 48.7 Å². The average Bonchev–Trinajstić information content (AvgIpc) is 2.98. The van der Waals surface area contributed by atoms with Crippen LogP contribution in [0.3, 0.4) is 0 Å². The van der Waals surface area contributed by atoms with Gasteiger partial charge in [0.1, 0.15) is 0 Å². The highest BCUT2D eigenvalue weighted by Gasteiger charge is 2.22. The summed E-state index contributed by atoms with van der Waals surface area (Å²) in [5, 5.41) is 2.97. The lowest BCUT2D eigenvalue weighted by Gasteiger charge is -2.22. The molecule has 0 spiro atoms. The third-order valence-corrected chi connectivity index (χ3v) is 5.59. The number of hydrogen-bond acceptors (Lipinski definition) is 3. The summed E-state index contributed by atoms with van der Waals surface area (Å²) in [5.41, 5.74) is 3.36. The minimum atomic E-state index is -0.156. The van der Waals surface area contributed by atoms with Gasteiger partial charge in [0.05, 0.1) is 0 Å². The normalized spacial score (nSPS) is 17.5. The topological polar surface area (TPSA) is 52.7 Å². The standard InChI is InChI=1S/C23H27N3O2/c27-22-9-6-16-26(22)21-8-5-7-18(17-21)23(28)24-19-10-12-20(13-11-19)25-14-3-1-2-4-15-25/h5,7-8,10-13,17H,1-4,6,9,14-16H2,(H,24,28). The quantitative estimate of drug-likeness (QED) is 0.857. The number of nitrogens with one attached hydrogen (secondary N) is 1. The van der Waals surface area contributed by atoms with Crippen molar-refractivity contribution in [2.45, 2.75) is 38.5 Å². The second-order valence-electron chi connectivity index (χ2n) is 7.60. The summed E-state index contributed by atoms with van der Waals surface area (Å²) in [6.07, 6.45) is 6.57. The number of nitrogens with zero attached hydrogens (tertiary/aromatic N) is 2. The van der Waals surface area contributed by atoms with Gasteiger partial charge in [-0.15, -0.1) is 0 Å². The van der Waals surface area contributed by atoms with E-state index in [1.807, 2.05) is 24.3 Å². The molecule has 2 fully saturated rings. The molecular formula is C23H27N3O2. The maximum Gasteiger partial charge on any atom is 0.255 e. The van der Waals surface area contributed by atoms with E-state index < -0.39 is 0 Å². The van der Waals surface area contributed by atoms with Crippen molar-refractivity contribution in [3.8, 4) is 0 Å². The van der Waals surface area contributed by atoms with Crippen molar-refractivity contribution >= 4 is 28.9 Å². The maximum atomic E-state index is 12.7. The van der Waals surface area contributed by atoms with Crippen LogP contribution in [-0.2, 0) is 4.79 Å². The predicted octanol–water partition coefficient (Wildman–Crippen LogP) is 4.45. The maximum absolute atomic E-state index is 12.7. The summed E-state index contributed by atoms with van der Waals surface area (Å²) in [6, 6.07) is 15.4. The fourth-order valence-electron chi connectivity index (χ4n) is 4.02. The number of benzene rings is 2. The summed E-state index contributed by atoms with van der Waals surface area (Å²) >= 11 is 0. The predicted molar refractivity (Wildman–Crippen MR) is 113 cm³/mol. The van der Waals surface area contributed by atoms with Crippen LogP contribution in [0.25, 0.3) is 0 Å². The van der Waals surface area contributed by atoms with Crippen LogP contribution in [0.5, 0.6) is 0 Å². The fourth-order valence-corrected chi connectivity index (χ4v) is 4.02. The number of carbonyl (C=O) groups is 2. The zero-order valence-electron chi connectivity index (χ0n) is 16.2. The summed E-state index contributed by atoms with van der Waals surface area (Å²) < 4.78 is 0. The average molecular weight is 377 g/mol. The Morgan fingerprint density at radius 2 is 1.57 bits per heavy atom. The first-order valence-corrected chi connectivity index (χ1v) is 10.3. The Kier molecular flexibility index (Phi) is 5.60.